The van der Waals surface area contributed by atoms with Crippen molar-refractivity contribution >= 4 is 11.9 Å². The van der Waals surface area contributed by atoms with E-state index in [0.29, 0.717) is 19.5 Å². The fraction of sp³-hybridized carbons (Fsp3) is 0.429. The van der Waals surface area contributed by atoms with E-state index in [-0.39, 0.29) is 12.4 Å². The zero-order valence-electron chi connectivity index (χ0n) is 11.0. The summed E-state index contributed by atoms with van der Waals surface area (Å²) in [6.45, 7) is 0.996. The highest BCUT2D eigenvalue weighted by Gasteiger charge is 2.33. The van der Waals surface area contributed by atoms with Crippen molar-refractivity contribution in [3.8, 4) is 0 Å². The quantitative estimate of drug-likeness (QED) is 0.501. The predicted molar refractivity (Wildman–Crippen MR) is 71.9 cm³/mol. The van der Waals surface area contributed by atoms with Gasteiger partial charge in [0.15, 0.2) is 6.23 Å². The summed E-state index contributed by atoms with van der Waals surface area (Å²) in [6.07, 6.45) is 0.260. The van der Waals surface area contributed by atoms with Crippen LogP contribution >= 0.6 is 0 Å². The SMILES string of the molecule is O=C(O)CCCNCC1NC(c2ccccc2)OC1=O. The number of cyclic esters (lactones) is 1. The normalized spacial score (nSPS) is 21.7. The second kappa shape index (κ2) is 7.02. The molecule has 1 saturated heterocycles. The molecule has 6 heteroatoms. The summed E-state index contributed by atoms with van der Waals surface area (Å²) in [4.78, 5) is 22.1. The molecule has 0 bridgehead atoms. The molecule has 1 fully saturated rings. The van der Waals surface area contributed by atoms with Gasteiger partial charge in [-0.1, -0.05) is 30.3 Å². The number of esters is 1. The zero-order valence-corrected chi connectivity index (χ0v) is 11.0. The monoisotopic (exact) mass is 278 g/mol. The fourth-order valence-electron chi connectivity index (χ4n) is 2.03. The minimum atomic E-state index is -0.811. The molecular weight excluding hydrogens is 260 g/mol. The van der Waals surface area contributed by atoms with Crippen LogP contribution in [0.25, 0.3) is 0 Å². The Morgan fingerprint density at radius 2 is 2.10 bits per heavy atom. The Kier molecular flexibility index (Phi) is 5.09. The standard InChI is InChI=1S/C14H18N2O4/c17-12(18)7-4-8-15-9-11-14(19)20-13(16-11)10-5-2-1-3-6-10/h1-3,5-6,11,13,15-16H,4,7-9H2,(H,17,18). The van der Waals surface area contributed by atoms with Gasteiger partial charge in [-0.3, -0.25) is 14.9 Å². The molecule has 108 valence electrons. The first-order valence-electron chi connectivity index (χ1n) is 6.61. The van der Waals surface area contributed by atoms with Crippen LogP contribution in [0, 0.1) is 0 Å². The maximum absolute atomic E-state index is 11.7. The lowest BCUT2D eigenvalue weighted by Crippen LogP contribution is -2.39. The molecule has 0 spiro atoms. The summed E-state index contributed by atoms with van der Waals surface area (Å²) in [5.41, 5.74) is 0.911. The van der Waals surface area contributed by atoms with Gasteiger partial charge in [-0.05, 0) is 13.0 Å². The smallest absolute Gasteiger partial charge is 0.326 e. The molecule has 2 atom stereocenters. The Morgan fingerprint density at radius 3 is 2.80 bits per heavy atom. The molecule has 0 aromatic heterocycles. The van der Waals surface area contributed by atoms with Gasteiger partial charge in [0.05, 0.1) is 0 Å². The van der Waals surface area contributed by atoms with Gasteiger partial charge in [0, 0.05) is 18.5 Å². The summed E-state index contributed by atoms with van der Waals surface area (Å²) in [5.74, 6) is -1.10. The molecule has 2 rings (SSSR count). The first kappa shape index (κ1) is 14.5. The molecular formula is C14H18N2O4. The summed E-state index contributed by atoms with van der Waals surface area (Å²) in [6, 6.07) is 9.08. The molecule has 20 heavy (non-hydrogen) atoms. The summed E-state index contributed by atoms with van der Waals surface area (Å²) < 4.78 is 5.27. The first-order valence-corrected chi connectivity index (χ1v) is 6.61. The third kappa shape index (κ3) is 4.04. The van der Waals surface area contributed by atoms with Crippen molar-refractivity contribution in [1.29, 1.82) is 0 Å². The number of hydrogen-bond acceptors (Lipinski definition) is 5. The van der Waals surface area contributed by atoms with Crippen LogP contribution in [-0.4, -0.2) is 36.2 Å². The number of carbonyl (C=O) groups is 2. The lowest BCUT2D eigenvalue weighted by atomic mass is 10.2. The van der Waals surface area contributed by atoms with Crippen molar-refractivity contribution in [2.45, 2.75) is 25.1 Å². The Hall–Kier alpha value is -1.92. The van der Waals surface area contributed by atoms with Gasteiger partial charge in [-0.2, -0.15) is 0 Å². The van der Waals surface area contributed by atoms with Crippen LogP contribution in [0.1, 0.15) is 24.6 Å². The van der Waals surface area contributed by atoms with Crippen molar-refractivity contribution < 1.29 is 19.4 Å². The lowest BCUT2D eigenvalue weighted by Gasteiger charge is -2.10. The van der Waals surface area contributed by atoms with Crippen LogP contribution in [0.5, 0.6) is 0 Å². The molecule has 1 aliphatic rings. The van der Waals surface area contributed by atoms with E-state index in [1.165, 1.54) is 0 Å². The van der Waals surface area contributed by atoms with Crippen LogP contribution in [0.15, 0.2) is 30.3 Å². The second-order valence-corrected chi connectivity index (χ2v) is 4.65. The van der Waals surface area contributed by atoms with Crippen molar-refractivity contribution in [1.82, 2.24) is 10.6 Å². The molecule has 6 nitrogen and oxygen atoms in total. The summed E-state index contributed by atoms with van der Waals surface area (Å²) in [5, 5.41) is 14.7. The maximum atomic E-state index is 11.7. The van der Waals surface area contributed by atoms with Crippen LogP contribution in [-0.2, 0) is 14.3 Å². The van der Waals surface area contributed by atoms with Crippen LogP contribution in [0.2, 0.25) is 0 Å². The highest BCUT2D eigenvalue weighted by Crippen LogP contribution is 2.20. The zero-order chi connectivity index (χ0) is 14.4. The Labute approximate surface area is 117 Å². The maximum Gasteiger partial charge on any atom is 0.326 e. The number of benzene rings is 1. The van der Waals surface area contributed by atoms with E-state index in [9.17, 15) is 9.59 Å². The van der Waals surface area contributed by atoms with Crippen LogP contribution < -0.4 is 10.6 Å². The van der Waals surface area contributed by atoms with Gasteiger partial charge in [0.25, 0.3) is 0 Å². The molecule has 1 aliphatic heterocycles. The third-order valence-electron chi connectivity index (χ3n) is 3.07. The van der Waals surface area contributed by atoms with E-state index in [0.717, 1.165) is 5.56 Å². The highest BCUT2D eigenvalue weighted by molar-refractivity contribution is 5.78. The van der Waals surface area contributed by atoms with Gasteiger partial charge < -0.3 is 15.2 Å². The van der Waals surface area contributed by atoms with E-state index in [1.807, 2.05) is 30.3 Å². The number of carboxylic acid groups (broad SMARTS) is 1. The number of aliphatic carboxylic acids is 1. The van der Waals surface area contributed by atoms with Gasteiger partial charge >= 0.3 is 11.9 Å². The Balaban J connectivity index is 1.74. The van der Waals surface area contributed by atoms with Gasteiger partial charge in [0.1, 0.15) is 6.04 Å². The lowest BCUT2D eigenvalue weighted by molar-refractivity contribution is -0.142. The van der Waals surface area contributed by atoms with E-state index >= 15 is 0 Å². The molecule has 1 aromatic rings. The van der Waals surface area contributed by atoms with Crippen molar-refractivity contribution in [3.05, 3.63) is 35.9 Å². The Morgan fingerprint density at radius 1 is 1.35 bits per heavy atom. The second-order valence-electron chi connectivity index (χ2n) is 4.65. The van der Waals surface area contributed by atoms with Crippen LogP contribution in [0.4, 0.5) is 0 Å². The first-order chi connectivity index (χ1) is 9.66. The number of carboxylic acids is 1. The van der Waals surface area contributed by atoms with E-state index in [1.54, 1.807) is 0 Å². The van der Waals surface area contributed by atoms with Gasteiger partial charge in [-0.15, -0.1) is 0 Å². The third-order valence-corrected chi connectivity index (χ3v) is 3.07. The largest absolute Gasteiger partial charge is 0.481 e. The molecule has 1 heterocycles. The average molecular weight is 278 g/mol. The predicted octanol–water partition coefficient (Wildman–Crippen LogP) is 0.655. The highest BCUT2D eigenvalue weighted by atomic mass is 16.6. The number of carbonyl (C=O) groups excluding carboxylic acids is 1. The van der Waals surface area contributed by atoms with Crippen molar-refractivity contribution in [2.24, 2.45) is 0 Å². The summed E-state index contributed by atoms with van der Waals surface area (Å²) in [7, 11) is 0. The molecule has 0 saturated carbocycles. The number of ether oxygens (including phenoxy) is 1. The molecule has 2 unspecified atom stereocenters. The summed E-state index contributed by atoms with van der Waals surface area (Å²) >= 11 is 0. The number of rotatable bonds is 7. The van der Waals surface area contributed by atoms with E-state index in [2.05, 4.69) is 10.6 Å². The molecule has 1 aromatic carbocycles. The molecule has 0 radical (unpaired) electrons. The average Bonchev–Trinajstić information content (AvgIpc) is 2.81. The molecule has 0 aliphatic carbocycles. The Bertz CT molecular complexity index is 464. The minimum absolute atomic E-state index is 0.127. The number of hydrogen-bond donors (Lipinski definition) is 3. The minimum Gasteiger partial charge on any atom is -0.481 e. The molecule has 3 N–H and O–H groups in total. The molecule has 0 amide bonds. The topological polar surface area (TPSA) is 87.7 Å². The van der Waals surface area contributed by atoms with Crippen LogP contribution in [0.3, 0.4) is 0 Å². The van der Waals surface area contributed by atoms with Gasteiger partial charge in [0.2, 0.25) is 0 Å². The van der Waals surface area contributed by atoms with Gasteiger partial charge in [-0.25, -0.2) is 0 Å². The van der Waals surface area contributed by atoms with Crippen molar-refractivity contribution in [3.63, 3.8) is 0 Å². The van der Waals surface area contributed by atoms with E-state index in [4.69, 9.17) is 9.84 Å². The number of nitrogens with one attached hydrogen (secondary N) is 2. The van der Waals surface area contributed by atoms with Crippen molar-refractivity contribution in [2.75, 3.05) is 13.1 Å². The fourth-order valence-corrected chi connectivity index (χ4v) is 2.03. The van der Waals surface area contributed by atoms with E-state index < -0.39 is 18.2 Å².